The summed E-state index contributed by atoms with van der Waals surface area (Å²) < 4.78 is 4.72. The molecule has 1 aromatic heterocycles. The number of carbonyl (C=O) groups is 1. The number of esters is 1. The number of nitrogens with zero attached hydrogens (tertiary/aromatic N) is 1. The van der Waals surface area contributed by atoms with Crippen LogP contribution in [0.25, 0.3) is 0 Å². The normalized spacial score (nSPS) is 9.88. The molecular weight excluding hydrogens is 216 g/mol. The summed E-state index contributed by atoms with van der Waals surface area (Å²) >= 11 is 0. The number of carbonyl (C=O) groups excluding carboxylic acids is 1. The molecule has 0 saturated heterocycles. The van der Waals surface area contributed by atoms with Gasteiger partial charge in [0.05, 0.1) is 4.92 Å². The van der Waals surface area contributed by atoms with Crippen LogP contribution in [0, 0.1) is 17.0 Å². The summed E-state index contributed by atoms with van der Waals surface area (Å²) in [5.74, 6) is -0.953. The molecule has 0 atom stereocenters. The van der Waals surface area contributed by atoms with Gasteiger partial charge in [0, 0.05) is 18.2 Å². The fourth-order valence-electron chi connectivity index (χ4n) is 1.10. The summed E-state index contributed by atoms with van der Waals surface area (Å²) in [6.07, 6.45) is 0.0724. The first-order valence-corrected chi connectivity index (χ1v) is 4.54. The lowest BCUT2D eigenvalue weighted by Crippen LogP contribution is -2.16. The first-order chi connectivity index (χ1) is 7.45. The van der Waals surface area contributed by atoms with Gasteiger partial charge < -0.3 is 9.72 Å². The molecule has 1 aromatic rings. The van der Waals surface area contributed by atoms with Gasteiger partial charge in [-0.05, 0) is 6.92 Å². The third-order valence-corrected chi connectivity index (χ3v) is 1.80. The number of nitro groups is 1. The predicted octanol–water partition coefficient (Wildman–Crippen LogP) is 0.907. The number of nitrogens with one attached hydrogen (secondary N) is 1. The number of aromatic amines is 1. The van der Waals surface area contributed by atoms with Crippen molar-refractivity contribution in [2.24, 2.45) is 0 Å². The molecule has 1 heterocycles. The summed E-state index contributed by atoms with van der Waals surface area (Å²) in [5, 5.41) is 10.6. The van der Waals surface area contributed by atoms with E-state index in [0.717, 1.165) is 0 Å². The van der Waals surface area contributed by atoms with Crippen LogP contribution in [0.5, 0.6) is 5.75 Å². The third kappa shape index (κ3) is 2.44. The Morgan fingerprint density at radius 2 is 2.25 bits per heavy atom. The molecule has 0 fully saturated rings. The average Bonchev–Trinajstić information content (AvgIpc) is 2.15. The highest BCUT2D eigenvalue weighted by atomic mass is 16.6. The molecule has 16 heavy (non-hydrogen) atoms. The monoisotopic (exact) mass is 226 g/mol. The molecule has 86 valence electrons. The maximum atomic E-state index is 11.3. The number of hydrogen-bond acceptors (Lipinski definition) is 5. The summed E-state index contributed by atoms with van der Waals surface area (Å²) in [5.41, 5.74) is -1.26. The van der Waals surface area contributed by atoms with Gasteiger partial charge in [0.15, 0.2) is 0 Å². The fourth-order valence-corrected chi connectivity index (χ4v) is 1.10. The highest BCUT2D eigenvalue weighted by molar-refractivity contribution is 5.73. The number of ether oxygens (including phenoxy) is 1. The van der Waals surface area contributed by atoms with Gasteiger partial charge in [-0.25, -0.2) is 0 Å². The Balaban J connectivity index is 3.30. The average molecular weight is 226 g/mol. The molecule has 7 heteroatoms. The van der Waals surface area contributed by atoms with Gasteiger partial charge in [-0.3, -0.25) is 19.7 Å². The first kappa shape index (κ1) is 11.9. The van der Waals surface area contributed by atoms with Gasteiger partial charge in [-0.2, -0.15) is 0 Å². The molecule has 0 aliphatic rings. The molecule has 0 unspecified atom stereocenters. The summed E-state index contributed by atoms with van der Waals surface area (Å²) in [4.78, 5) is 34.3. The second kappa shape index (κ2) is 4.56. The van der Waals surface area contributed by atoms with Gasteiger partial charge >= 0.3 is 17.2 Å². The molecule has 0 saturated carbocycles. The van der Waals surface area contributed by atoms with Crippen LogP contribution in [-0.2, 0) is 4.79 Å². The van der Waals surface area contributed by atoms with Crippen LogP contribution in [0.4, 0.5) is 5.69 Å². The SMILES string of the molecule is CCC(=O)Oc1cc(C)[nH]c(=O)c1[N+](=O)[O-]. The van der Waals surface area contributed by atoms with Crippen molar-refractivity contribution in [1.82, 2.24) is 4.98 Å². The van der Waals surface area contributed by atoms with Crippen molar-refractivity contribution in [3.05, 3.63) is 32.2 Å². The molecule has 0 spiro atoms. The molecule has 0 aromatic carbocycles. The Hall–Kier alpha value is -2.18. The Kier molecular flexibility index (Phi) is 3.39. The van der Waals surface area contributed by atoms with Crippen molar-refractivity contribution in [3.8, 4) is 5.75 Å². The minimum absolute atomic E-state index is 0.0724. The van der Waals surface area contributed by atoms with Crippen LogP contribution >= 0.6 is 0 Å². The number of pyridine rings is 1. The van der Waals surface area contributed by atoms with Crippen LogP contribution < -0.4 is 10.3 Å². The van der Waals surface area contributed by atoms with E-state index in [2.05, 4.69) is 4.98 Å². The lowest BCUT2D eigenvalue weighted by atomic mass is 10.3. The lowest BCUT2D eigenvalue weighted by molar-refractivity contribution is -0.387. The molecule has 0 bridgehead atoms. The zero-order valence-corrected chi connectivity index (χ0v) is 8.77. The van der Waals surface area contributed by atoms with Crippen LogP contribution in [0.2, 0.25) is 0 Å². The fraction of sp³-hybridized carbons (Fsp3) is 0.333. The zero-order valence-electron chi connectivity index (χ0n) is 8.77. The van der Waals surface area contributed by atoms with E-state index in [1.54, 1.807) is 6.92 Å². The molecule has 0 amide bonds. The molecule has 7 nitrogen and oxygen atoms in total. The van der Waals surface area contributed by atoms with Crippen LogP contribution in [0.1, 0.15) is 19.0 Å². The Bertz CT molecular complexity index is 491. The van der Waals surface area contributed by atoms with Gasteiger partial charge in [0.25, 0.3) is 0 Å². The second-order valence-electron chi connectivity index (χ2n) is 3.08. The molecular formula is C9H10N2O5. The first-order valence-electron chi connectivity index (χ1n) is 4.54. The van der Waals surface area contributed by atoms with Gasteiger partial charge in [-0.1, -0.05) is 6.92 Å². The van der Waals surface area contributed by atoms with Gasteiger partial charge in [-0.15, -0.1) is 0 Å². The van der Waals surface area contributed by atoms with E-state index >= 15 is 0 Å². The molecule has 1 rings (SSSR count). The van der Waals surface area contributed by atoms with E-state index in [1.807, 2.05) is 0 Å². The predicted molar refractivity (Wildman–Crippen MR) is 54.4 cm³/mol. The van der Waals surface area contributed by atoms with Crippen LogP contribution in [-0.4, -0.2) is 15.9 Å². The smallest absolute Gasteiger partial charge is 0.376 e. The number of H-pyrrole nitrogens is 1. The minimum atomic E-state index is -0.885. The second-order valence-corrected chi connectivity index (χ2v) is 3.08. The molecule has 1 N–H and O–H groups in total. The Morgan fingerprint density at radius 1 is 1.62 bits per heavy atom. The maximum Gasteiger partial charge on any atom is 0.376 e. The maximum absolute atomic E-state index is 11.3. The van der Waals surface area contributed by atoms with Crippen molar-refractivity contribution in [3.63, 3.8) is 0 Å². The topological polar surface area (TPSA) is 102 Å². The largest absolute Gasteiger partial charge is 0.419 e. The van der Waals surface area contributed by atoms with Crippen molar-refractivity contribution >= 4 is 11.7 Å². The quantitative estimate of drug-likeness (QED) is 0.468. The summed E-state index contributed by atoms with van der Waals surface area (Å²) in [6, 6.07) is 1.24. The molecule has 0 aliphatic heterocycles. The Labute approximate surface area is 90.2 Å². The standard InChI is InChI=1S/C9H10N2O5/c1-3-7(12)16-6-4-5(2)10-9(13)8(6)11(14)15/h4H,3H2,1-2H3,(H,10,13). The lowest BCUT2D eigenvalue weighted by Gasteiger charge is -2.03. The number of rotatable bonds is 3. The Morgan fingerprint density at radius 3 is 2.75 bits per heavy atom. The van der Waals surface area contributed by atoms with E-state index in [1.165, 1.54) is 13.0 Å². The van der Waals surface area contributed by atoms with Crippen LogP contribution in [0.15, 0.2) is 10.9 Å². The van der Waals surface area contributed by atoms with Crippen LogP contribution in [0.3, 0.4) is 0 Å². The van der Waals surface area contributed by atoms with E-state index in [9.17, 15) is 19.7 Å². The minimum Gasteiger partial charge on any atom is -0.419 e. The highest BCUT2D eigenvalue weighted by Gasteiger charge is 2.22. The number of aromatic nitrogens is 1. The summed E-state index contributed by atoms with van der Waals surface area (Å²) in [7, 11) is 0. The van der Waals surface area contributed by atoms with E-state index in [-0.39, 0.29) is 12.2 Å². The van der Waals surface area contributed by atoms with Crippen molar-refractivity contribution in [2.45, 2.75) is 20.3 Å². The van der Waals surface area contributed by atoms with Gasteiger partial charge in [0.2, 0.25) is 5.75 Å². The van der Waals surface area contributed by atoms with E-state index < -0.39 is 22.1 Å². The van der Waals surface area contributed by atoms with Crippen molar-refractivity contribution in [1.29, 1.82) is 0 Å². The van der Waals surface area contributed by atoms with Crippen molar-refractivity contribution < 1.29 is 14.5 Å². The van der Waals surface area contributed by atoms with E-state index in [0.29, 0.717) is 5.69 Å². The summed E-state index contributed by atoms with van der Waals surface area (Å²) in [6.45, 7) is 3.09. The number of aryl methyl sites for hydroxylation is 1. The molecule has 0 radical (unpaired) electrons. The number of hydrogen-bond donors (Lipinski definition) is 1. The molecule has 0 aliphatic carbocycles. The van der Waals surface area contributed by atoms with E-state index in [4.69, 9.17) is 4.74 Å². The van der Waals surface area contributed by atoms with Gasteiger partial charge in [0.1, 0.15) is 0 Å². The highest BCUT2D eigenvalue weighted by Crippen LogP contribution is 2.22. The zero-order chi connectivity index (χ0) is 12.3. The van der Waals surface area contributed by atoms with Crippen molar-refractivity contribution in [2.75, 3.05) is 0 Å². The third-order valence-electron chi connectivity index (χ3n) is 1.80.